The SMILES string of the molecule is N[C@@H](CSCCCC[Si](c1ccccc1)(c1ccccc1)c1ccccc1)C(=O)O. The molecule has 0 radical (unpaired) electrons. The first kappa shape index (κ1) is 22.3. The molecule has 0 aliphatic heterocycles. The molecule has 3 nitrogen and oxygen atoms in total. The molecule has 156 valence electrons. The highest BCUT2D eigenvalue weighted by Crippen LogP contribution is 2.18. The number of nitrogens with two attached hydrogens (primary N) is 1. The third kappa shape index (κ3) is 5.42. The predicted octanol–water partition coefficient (Wildman–Crippen LogP) is 3.08. The fourth-order valence-corrected chi connectivity index (χ4v) is 9.88. The fraction of sp³-hybridized carbons (Fsp3) is 0.240. The summed E-state index contributed by atoms with van der Waals surface area (Å²) in [5.41, 5.74) is 5.61. The molecule has 0 saturated heterocycles. The minimum Gasteiger partial charge on any atom is -0.480 e. The summed E-state index contributed by atoms with van der Waals surface area (Å²) in [6.45, 7) is 0. The van der Waals surface area contributed by atoms with Crippen LogP contribution in [-0.4, -0.2) is 36.7 Å². The molecule has 0 aliphatic carbocycles. The van der Waals surface area contributed by atoms with Crippen molar-refractivity contribution in [3.63, 3.8) is 0 Å². The third-order valence-corrected chi connectivity index (χ3v) is 11.7. The van der Waals surface area contributed by atoms with Crippen molar-refractivity contribution in [1.82, 2.24) is 0 Å². The van der Waals surface area contributed by atoms with Crippen LogP contribution in [-0.2, 0) is 4.79 Å². The summed E-state index contributed by atoms with van der Waals surface area (Å²) in [7, 11) is -2.15. The normalized spacial score (nSPS) is 12.4. The van der Waals surface area contributed by atoms with E-state index in [1.165, 1.54) is 15.6 Å². The Morgan fingerprint density at radius 3 is 1.63 bits per heavy atom. The van der Waals surface area contributed by atoms with Gasteiger partial charge in [-0.1, -0.05) is 97.4 Å². The number of hydrogen-bond donors (Lipinski definition) is 2. The van der Waals surface area contributed by atoms with Gasteiger partial charge in [-0.2, -0.15) is 11.8 Å². The lowest BCUT2D eigenvalue weighted by molar-refractivity contribution is -0.137. The van der Waals surface area contributed by atoms with Gasteiger partial charge in [0, 0.05) is 5.75 Å². The average Bonchev–Trinajstić information content (AvgIpc) is 2.80. The Balaban J connectivity index is 1.84. The monoisotopic (exact) mass is 435 g/mol. The van der Waals surface area contributed by atoms with Crippen LogP contribution in [0.5, 0.6) is 0 Å². The molecular weight excluding hydrogens is 406 g/mol. The van der Waals surface area contributed by atoms with Gasteiger partial charge in [-0.25, -0.2) is 0 Å². The summed E-state index contributed by atoms with van der Waals surface area (Å²) in [5.74, 6) is 0.476. The van der Waals surface area contributed by atoms with E-state index in [1.807, 2.05) is 0 Å². The van der Waals surface area contributed by atoms with Crippen LogP contribution in [0.2, 0.25) is 6.04 Å². The number of carboxylic acids is 1. The van der Waals surface area contributed by atoms with E-state index in [2.05, 4.69) is 91.0 Å². The van der Waals surface area contributed by atoms with Crippen molar-refractivity contribution in [2.24, 2.45) is 5.73 Å². The van der Waals surface area contributed by atoms with Crippen molar-refractivity contribution in [3.05, 3.63) is 91.0 Å². The molecule has 0 heterocycles. The molecule has 3 aromatic rings. The molecule has 0 aliphatic rings. The molecule has 0 unspecified atom stereocenters. The van der Waals surface area contributed by atoms with Crippen LogP contribution in [0.1, 0.15) is 12.8 Å². The van der Waals surface area contributed by atoms with Gasteiger partial charge in [-0.05, 0) is 33.8 Å². The topological polar surface area (TPSA) is 63.3 Å². The van der Waals surface area contributed by atoms with Crippen molar-refractivity contribution < 1.29 is 9.90 Å². The van der Waals surface area contributed by atoms with Crippen molar-refractivity contribution in [2.75, 3.05) is 11.5 Å². The summed E-state index contributed by atoms with van der Waals surface area (Å²) in [5, 5.41) is 13.2. The Bertz CT molecular complexity index is 810. The maximum Gasteiger partial charge on any atom is 0.321 e. The van der Waals surface area contributed by atoms with Crippen LogP contribution < -0.4 is 21.3 Å². The maximum atomic E-state index is 10.9. The Hall–Kier alpha value is -2.34. The second-order valence-corrected chi connectivity index (χ2v) is 12.7. The molecule has 0 bridgehead atoms. The van der Waals surface area contributed by atoms with Gasteiger partial charge in [-0.3, -0.25) is 4.79 Å². The Labute approximate surface area is 184 Å². The number of thioether (sulfide) groups is 1. The number of carbonyl (C=O) groups is 1. The van der Waals surface area contributed by atoms with E-state index in [1.54, 1.807) is 11.8 Å². The highest BCUT2D eigenvalue weighted by molar-refractivity contribution is 7.99. The predicted molar refractivity (Wildman–Crippen MR) is 131 cm³/mol. The number of carboxylic acid groups (broad SMARTS) is 1. The molecule has 3 N–H and O–H groups in total. The van der Waals surface area contributed by atoms with Gasteiger partial charge in [0.25, 0.3) is 0 Å². The van der Waals surface area contributed by atoms with Crippen LogP contribution >= 0.6 is 11.8 Å². The third-order valence-electron chi connectivity index (χ3n) is 5.50. The van der Waals surface area contributed by atoms with Crippen LogP contribution in [0.25, 0.3) is 0 Å². The lowest BCUT2D eigenvalue weighted by Gasteiger charge is -2.34. The van der Waals surface area contributed by atoms with E-state index in [4.69, 9.17) is 10.8 Å². The summed E-state index contributed by atoms with van der Waals surface area (Å²) in [6, 6.07) is 33.2. The Morgan fingerprint density at radius 2 is 1.23 bits per heavy atom. The summed E-state index contributed by atoms with van der Waals surface area (Å²) in [6.07, 6.45) is 2.15. The van der Waals surface area contributed by atoms with E-state index in [9.17, 15) is 4.79 Å². The van der Waals surface area contributed by atoms with E-state index in [0.29, 0.717) is 5.75 Å². The minimum absolute atomic E-state index is 0.466. The van der Waals surface area contributed by atoms with Gasteiger partial charge >= 0.3 is 5.97 Å². The second-order valence-electron chi connectivity index (χ2n) is 7.48. The number of hydrogen-bond acceptors (Lipinski definition) is 3. The van der Waals surface area contributed by atoms with E-state index in [-0.39, 0.29) is 0 Å². The zero-order chi connectivity index (χ0) is 21.2. The fourth-order valence-electron chi connectivity index (χ4n) is 3.98. The first-order chi connectivity index (χ1) is 14.6. The van der Waals surface area contributed by atoms with Crippen LogP contribution in [0.15, 0.2) is 91.0 Å². The molecule has 0 fully saturated rings. The van der Waals surface area contributed by atoms with Crippen LogP contribution in [0, 0.1) is 0 Å². The second kappa shape index (κ2) is 11.2. The lowest BCUT2D eigenvalue weighted by atomic mass is 10.3. The van der Waals surface area contributed by atoms with Crippen molar-refractivity contribution in [1.29, 1.82) is 0 Å². The molecule has 1 atom stereocenters. The molecule has 3 rings (SSSR count). The highest BCUT2D eigenvalue weighted by atomic mass is 32.2. The van der Waals surface area contributed by atoms with Gasteiger partial charge in [0.15, 0.2) is 0 Å². The standard InChI is InChI=1S/C25H29NO2SSi/c26-24(25(27)28)20-29-18-10-11-19-30(21-12-4-1-5-13-21,22-14-6-2-7-15-22)23-16-8-3-9-17-23/h1-9,12-17,24H,10-11,18-20,26H2,(H,27,28)/t24-/m0/s1. The van der Waals surface area contributed by atoms with Gasteiger partial charge in [0.05, 0.1) is 0 Å². The Morgan fingerprint density at radius 1 is 0.800 bits per heavy atom. The van der Waals surface area contributed by atoms with Crippen molar-refractivity contribution in [2.45, 2.75) is 24.9 Å². The number of aliphatic carboxylic acids is 1. The highest BCUT2D eigenvalue weighted by Gasteiger charge is 2.38. The maximum absolute atomic E-state index is 10.9. The number of unbranched alkanes of at least 4 members (excludes halogenated alkanes) is 1. The van der Waals surface area contributed by atoms with E-state index in [0.717, 1.165) is 24.6 Å². The van der Waals surface area contributed by atoms with Gasteiger partial charge in [0.2, 0.25) is 0 Å². The van der Waals surface area contributed by atoms with Gasteiger partial charge in [-0.15, -0.1) is 0 Å². The molecule has 0 saturated carbocycles. The summed E-state index contributed by atoms with van der Waals surface area (Å²) >= 11 is 1.64. The molecule has 3 aromatic carbocycles. The van der Waals surface area contributed by atoms with E-state index >= 15 is 0 Å². The van der Waals surface area contributed by atoms with Crippen LogP contribution in [0.4, 0.5) is 0 Å². The molecule has 0 spiro atoms. The molecule has 0 aromatic heterocycles. The summed E-state index contributed by atoms with van der Waals surface area (Å²) in [4.78, 5) is 10.9. The molecular formula is C25H29NO2SSi. The smallest absolute Gasteiger partial charge is 0.321 e. The largest absolute Gasteiger partial charge is 0.480 e. The number of benzene rings is 3. The van der Waals surface area contributed by atoms with Gasteiger partial charge in [0.1, 0.15) is 14.1 Å². The summed E-state index contributed by atoms with van der Waals surface area (Å²) < 4.78 is 0. The van der Waals surface area contributed by atoms with Crippen LogP contribution in [0.3, 0.4) is 0 Å². The zero-order valence-corrected chi connectivity index (χ0v) is 18.9. The first-order valence-corrected chi connectivity index (χ1v) is 13.7. The molecule has 0 amide bonds. The van der Waals surface area contributed by atoms with Crippen molar-refractivity contribution >= 4 is 41.4 Å². The minimum atomic E-state index is -2.15. The van der Waals surface area contributed by atoms with E-state index < -0.39 is 20.1 Å². The number of rotatable bonds is 11. The van der Waals surface area contributed by atoms with Gasteiger partial charge < -0.3 is 10.8 Å². The quantitative estimate of drug-likeness (QED) is 0.276. The zero-order valence-electron chi connectivity index (χ0n) is 17.1. The van der Waals surface area contributed by atoms with Crippen molar-refractivity contribution in [3.8, 4) is 0 Å². The Kier molecular flexibility index (Phi) is 8.31. The molecule has 5 heteroatoms. The molecule has 30 heavy (non-hydrogen) atoms. The lowest BCUT2D eigenvalue weighted by Crippen LogP contribution is -2.66. The average molecular weight is 436 g/mol. The first-order valence-electron chi connectivity index (χ1n) is 10.4.